The summed E-state index contributed by atoms with van der Waals surface area (Å²) in [5, 5.41) is 0. The zero-order valence-electron chi connectivity index (χ0n) is 12.3. The number of hydrogen-bond acceptors (Lipinski definition) is 3. The maximum atomic E-state index is 12.6. The van der Waals surface area contributed by atoms with Crippen LogP contribution in [0.15, 0.2) is 24.3 Å². The van der Waals surface area contributed by atoms with Gasteiger partial charge in [-0.1, -0.05) is 26.0 Å². The lowest BCUT2D eigenvalue weighted by Crippen LogP contribution is -2.45. The summed E-state index contributed by atoms with van der Waals surface area (Å²) in [5.41, 5.74) is 0.751. The van der Waals surface area contributed by atoms with Gasteiger partial charge in [0.25, 0.3) is 0 Å². The van der Waals surface area contributed by atoms with E-state index in [0.29, 0.717) is 18.7 Å². The molecule has 4 heteroatoms. The zero-order chi connectivity index (χ0) is 14.7. The molecule has 0 aromatic heterocycles. The molecule has 1 aliphatic heterocycles. The number of amides is 1. The minimum absolute atomic E-state index is 0.0367. The molecule has 0 N–H and O–H groups in total. The average Bonchev–Trinajstić information content (AvgIpc) is 2.46. The van der Waals surface area contributed by atoms with E-state index in [-0.39, 0.29) is 17.6 Å². The van der Waals surface area contributed by atoms with Crippen molar-refractivity contribution in [1.29, 1.82) is 0 Å². The Kier molecular flexibility index (Phi) is 4.42. The molecule has 0 saturated carbocycles. The fourth-order valence-electron chi connectivity index (χ4n) is 2.63. The lowest BCUT2D eigenvalue weighted by Gasteiger charge is -2.33. The summed E-state index contributed by atoms with van der Waals surface area (Å²) in [6, 6.07) is 7.43. The average molecular weight is 275 g/mol. The molecular formula is C16H21NO3. The summed E-state index contributed by atoms with van der Waals surface area (Å²) in [7, 11) is 1.59. The maximum absolute atomic E-state index is 12.6. The summed E-state index contributed by atoms with van der Waals surface area (Å²) >= 11 is 0. The lowest BCUT2D eigenvalue weighted by molar-refractivity contribution is -0.135. The van der Waals surface area contributed by atoms with E-state index in [1.807, 2.05) is 38.1 Å². The van der Waals surface area contributed by atoms with E-state index >= 15 is 0 Å². The van der Waals surface area contributed by atoms with Gasteiger partial charge in [-0.25, -0.2) is 0 Å². The Balaban J connectivity index is 2.29. The molecule has 0 spiro atoms. The van der Waals surface area contributed by atoms with Crippen LogP contribution < -0.4 is 9.64 Å². The van der Waals surface area contributed by atoms with Crippen LogP contribution >= 0.6 is 0 Å². The molecule has 0 unspecified atom stereocenters. The predicted molar refractivity (Wildman–Crippen MR) is 77.9 cm³/mol. The number of benzene rings is 1. The van der Waals surface area contributed by atoms with E-state index in [2.05, 4.69) is 0 Å². The molecule has 108 valence electrons. The van der Waals surface area contributed by atoms with Gasteiger partial charge in [0, 0.05) is 12.5 Å². The third kappa shape index (κ3) is 2.69. The molecule has 1 aromatic rings. The molecule has 0 aliphatic carbocycles. The highest BCUT2D eigenvalue weighted by molar-refractivity contribution is 6.10. The van der Waals surface area contributed by atoms with Gasteiger partial charge in [-0.3, -0.25) is 9.59 Å². The van der Waals surface area contributed by atoms with Crippen molar-refractivity contribution in [3.05, 3.63) is 24.3 Å². The second-order valence-electron chi connectivity index (χ2n) is 5.41. The van der Waals surface area contributed by atoms with Gasteiger partial charge in [-0.05, 0) is 25.0 Å². The third-order valence-electron chi connectivity index (χ3n) is 3.73. The van der Waals surface area contributed by atoms with Crippen molar-refractivity contribution in [3.63, 3.8) is 0 Å². The number of ketones is 1. The van der Waals surface area contributed by atoms with Gasteiger partial charge in [-0.15, -0.1) is 0 Å². The highest BCUT2D eigenvalue weighted by atomic mass is 16.5. The highest BCUT2D eigenvalue weighted by Gasteiger charge is 2.36. The number of carbonyl (C=O) groups excluding carboxylic acids is 2. The number of anilines is 1. The van der Waals surface area contributed by atoms with Crippen LogP contribution in [0.3, 0.4) is 0 Å². The van der Waals surface area contributed by atoms with E-state index in [9.17, 15) is 9.59 Å². The first-order valence-corrected chi connectivity index (χ1v) is 7.04. The molecule has 2 rings (SSSR count). The number of carbonyl (C=O) groups is 2. The second kappa shape index (κ2) is 6.07. The van der Waals surface area contributed by atoms with E-state index in [4.69, 9.17) is 4.74 Å². The smallest absolute Gasteiger partial charge is 0.237 e. The number of hydrogen-bond donors (Lipinski definition) is 0. The molecule has 0 radical (unpaired) electrons. The van der Waals surface area contributed by atoms with Crippen LogP contribution in [-0.4, -0.2) is 25.3 Å². The maximum Gasteiger partial charge on any atom is 0.237 e. The summed E-state index contributed by atoms with van der Waals surface area (Å²) in [4.78, 5) is 26.4. The molecule has 1 aromatic carbocycles. The van der Waals surface area contributed by atoms with Gasteiger partial charge in [0.15, 0.2) is 0 Å². The van der Waals surface area contributed by atoms with Crippen LogP contribution in [0.25, 0.3) is 0 Å². The van der Waals surface area contributed by atoms with Gasteiger partial charge in [0.05, 0.1) is 18.7 Å². The Hall–Kier alpha value is -1.84. The molecule has 0 bridgehead atoms. The van der Waals surface area contributed by atoms with Gasteiger partial charge < -0.3 is 9.64 Å². The predicted octanol–water partition coefficient (Wildman–Crippen LogP) is 2.66. The Morgan fingerprint density at radius 3 is 2.70 bits per heavy atom. The summed E-state index contributed by atoms with van der Waals surface area (Å²) in [6.45, 7) is 4.33. The summed E-state index contributed by atoms with van der Waals surface area (Å²) < 4.78 is 5.31. The molecule has 20 heavy (non-hydrogen) atoms. The minimum atomic E-state index is -0.506. The van der Waals surface area contributed by atoms with Gasteiger partial charge in [0.2, 0.25) is 5.91 Å². The van der Waals surface area contributed by atoms with Crippen molar-refractivity contribution in [1.82, 2.24) is 0 Å². The quantitative estimate of drug-likeness (QED) is 0.794. The van der Waals surface area contributed by atoms with E-state index in [0.717, 1.165) is 12.1 Å². The van der Waals surface area contributed by atoms with Gasteiger partial charge >= 0.3 is 0 Å². The van der Waals surface area contributed by atoms with E-state index < -0.39 is 5.92 Å². The fourth-order valence-corrected chi connectivity index (χ4v) is 2.63. The first-order chi connectivity index (χ1) is 9.56. The standard InChI is InChI=1S/C16H21NO3/c1-11(2)15(18)12-7-6-10-17(16(12)19)13-8-4-5-9-14(13)20-3/h4-5,8-9,11-12H,6-7,10H2,1-3H3/t12-/m0/s1. The van der Waals surface area contributed by atoms with Crippen molar-refractivity contribution in [2.24, 2.45) is 11.8 Å². The molecule has 1 aliphatic rings. The van der Waals surface area contributed by atoms with Crippen molar-refractivity contribution in [3.8, 4) is 5.75 Å². The molecule has 1 saturated heterocycles. The largest absolute Gasteiger partial charge is 0.495 e. The second-order valence-corrected chi connectivity index (χ2v) is 5.41. The van der Waals surface area contributed by atoms with Crippen molar-refractivity contribution in [2.75, 3.05) is 18.6 Å². The highest BCUT2D eigenvalue weighted by Crippen LogP contribution is 2.32. The monoisotopic (exact) mass is 275 g/mol. The van der Waals surface area contributed by atoms with Crippen LogP contribution in [0.4, 0.5) is 5.69 Å². The zero-order valence-corrected chi connectivity index (χ0v) is 12.3. The Morgan fingerprint density at radius 2 is 2.05 bits per heavy atom. The van der Waals surface area contributed by atoms with Crippen LogP contribution in [0.1, 0.15) is 26.7 Å². The number of nitrogens with zero attached hydrogens (tertiary/aromatic N) is 1. The Bertz CT molecular complexity index is 510. The SMILES string of the molecule is COc1ccccc1N1CCC[C@@H](C(=O)C(C)C)C1=O. The summed E-state index contributed by atoms with van der Waals surface area (Å²) in [6.07, 6.45) is 1.49. The molecular weight excluding hydrogens is 254 g/mol. The van der Waals surface area contributed by atoms with Gasteiger partial charge in [-0.2, -0.15) is 0 Å². The molecule has 1 amide bonds. The lowest BCUT2D eigenvalue weighted by atomic mass is 9.87. The van der Waals surface area contributed by atoms with Crippen LogP contribution in [0, 0.1) is 11.8 Å². The first kappa shape index (κ1) is 14.6. The van der Waals surface area contributed by atoms with Crippen LogP contribution in [-0.2, 0) is 9.59 Å². The topological polar surface area (TPSA) is 46.6 Å². The van der Waals surface area contributed by atoms with Gasteiger partial charge in [0.1, 0.15) is 11.5 Å². The van der Waals surface area contributed by atoms with Crippen molar-refractivity contribution < 1.29 is 14.3 Å². The number of ether oxygens (including phenoxy) is 1. The number of rotatable bonds is 4. The third-order valence-corrected chi connectivity index (χ3v) is 3.73. The Morgan fingerprint density at radius 1 is 1.35 bits per heavy atom. The van der Waals surface area contributed by atoms with Crippen molar-refractivity contribution >= 4 is 17.4 Å². The normalized spacial score (nSPS) is 19.3. The van der Waals surface area contributed by atoms with E-state index in [1.165, 1.54) is 0 Å². The first-order valence-electron chi connectivity index (χ1n) is 7.04. The molecule has 1 fully saturated rings. The number of Topliss-reactive ketones (excluding diaryl/α,β-unsaturated/α-hetero) is 1. The molecule has 1 heterocycles. The molecule has 4 nitrogen and oxygen atoms in total. The van der Waals surface area contributed by atoms with Crippen LogP contribution in [0.2, 0.25) is 0 Å². The molecule has 1 atom stereocenters. The minimum Gasteiger partial charge on any atom is -0.495 e. The summed E-state index contributed by atoms with van der Waals surface area (Å²) in [5.74, 6) is -0.0113. The number of para-hydroxylation sites is 2. The van der Waals surface area contributed by atoms with Crippen LogP contribution in [0.5, 0.6) is 5.75 Å². The van der Waals surface area contributed by atoms with Crippen molar-refractivity contribution in [2.45, 2.75) is 26.7 Å². The Labute approximate surface area is 119 Å². The number of methoxy groups -OCH3 is 1. The fraction of sp³-hybridized carbons (Fsp3) is 0.500. The van der Waals surface area contributed by atoms with E-state index in [1.54, 1.807) is 12.0 Å². The number of piperidine rings is 1.